The molecule has 0 saturated heterocycles. The molecule has 1 rings (SSSR count). The molecule has 8 heteroatoms. The molecule has 0 heterocycles. The Labute approximate surface area is 108 Å². The number of rotatable bonds is 4. The summed E-state index contributed by atoms with van der Waals surface area (Å²) in [6.07, 6.45) is 0.620. The van der Waals surface area contributed by atoms with E-state index in [9.17, 15) is 26.0 Å². The van der Waals surface area contributed by atoms with Crippen molar-refractivity contribution in [2.75, 3.05) is 0 Å². The van der Waals surface area contributed by atoms with E-state index >= 15 is 0 Å². The van der Waals surface area contributed by atoms with Crippen LogP contribution in [0.2, 0.25) is 0 Å². The van der Waals surface area contributed by atoms with Crippen molar-refractivity contribution >= 4 is 10.1 Å². The lowest BCUT2D eigenvalue weighted by atomic mass is 9.98. The molecule has 19 heavy (non-hydrogen) atoms. The third-order valence-corrected chi connectivity index (χ3v) is 3.54. The zero-order valence-electron chi connectivity index (χ0n) is 10.2. The van der Waals surface area contributed by atoms with Crippen molar-refractivity contribution in [2.24, 2.45) is 0 Å². The van der Waals surface area contributed by atoms with Gasteiger partial charge in [-0.1, -0.05) is 13.8 Å². The second-order valence-corrected chi connectivity index (χ2v) is 5.55. The molecule has 0 radical (unpaired) electrons. The minimum atomic E-state index is -5.78. The Bertz CT molecular complexity index is 552. The fourth-order valence-corrected chi connectivity index (χ4v) is 1.77. The summed E-state index contributed by atoms with van der Waals surface area (Å²) in [4.78, 5) is 0. The van der Waals surface area contributed by atoms with Crippen molar-refractivity contribution in [1.82, 2.24) is 0 Å². The van der Waals surface area contributed by atoms with Crippen molar-refractivity contribution in [3.8, 4) is 5.75 Å². The SMILES string of the molecule is CCC(C)c1cc(F)cc(OS(=O)(=O)C(F)(F)F)c1. The van der Waals surface area contributed by atoms with Crippen molar-refractivity contribution in [3.63, 3.8) is 0 Å². The van der Waals surface area contributed by atoms with Gasteiger partial charge in [0, 0.05) is 6.07 Å². The highest BCUT2D eigenvalue weighted by atomic mass is 32.2. The largest absolute Gasteiger partial charge is 0.534 e. The molecule has 1 atom stereocenters. The van der Waals surface area contributed by atoms with Gasteiger partial charge in [0.25, 0.3) is 0 Å². The quantitative estimate of drug-likeness (QED) is 0.485. The normalized spacial score (nSPS) is 14.2. The molecule has 0 aliphatic rings. The van der Waals surface area contributed by atoms with Gasteiger partial charge in [-0.15, -0.1) is 0 Å². The van der Waals surface area contributed by atoms with E-state index in [0.29, 0.717) is 18.1 Å². The average molecular weight is 300 g/mol. The van der Waals surface area contributed by atoms with Crippen LogP contribution < -0.4 is 4.18 Å². The average Bonchev–Trinajstić information content (AvgIpc) is 2.24. The van der Waals surface area contributed by atoms with Crippen molar-refractivity contribution in [2.45, 2.75) is 31.7 Å². The predicted molar refractivity (Wildman–Crippen MR) is 60.7 cm³/mol. The van der Waals surface area contributed by atoms with Crippen LogP contribution in [-0.4, -0.2) is 13.9 Å². The first-order valence-corrected chi connectivity index (χ1v) is 6.79. The number of hydrogen-bond donors (Lipinski definition) is 0. The van der Waals surface area contributed by atoms with Crippen LogP contribution in [0.25, 0.3) is 0 Å². The Morgan fingerprint density at radius 2 is 1.84 bits per heavy atom. The Balaban J connectivity index is 3.13. The van der Waals surface area contributed by atoms with E-state index < -0.39 is 27.2 Å². The van der Waals surface area contributed by atoms with Crippen LogP contribution >= 0.6 is 0 Å². The lowest BCUT2D eigenvalue weighted by molar-refractivity contribution is -0.0500. The second-order valence-electron chi connectivity index (χ2n) is 4.01. The zero-order chi connectivity index (χ0) is 14.8. The molecule has 0 spiro atoms. The van der Waals surface area contributed by atoms with Gasteiger partial charge in [0.1, 0.15) is 11.6 Å². The van der Waals surface area contributed by atoms with Gasteiger partial charge in [0.15, 0.2) is 0 Å². The summed E-state index contributed by atoms with van der Waals surface area (Å²) >= 11 is 0. The maximum Gasteiger partial charge on any atom is 0.534 e. The van der Waals surface area contributed by atoms with E-state index in [4.69, 9.17) is 0 Å². The van der Waals surface area contributed by atoms with Gasteiger partial charge in [0.05, 0.1) is 0 Å². The highest BCUT2D eigenvalue weighted by molar-refractivity contribution is 7.87. The second kappa shape index (κ2) is 5.36. The third kappa shape index (κ3) is 3.82. The molecular weight excluding hydrogens is 288 g/mol. The molecule has 0 saturated carbocycles. The van der Waals surface area contributed by atoms with Crippen LogP contribution in [0, 0.1) is 5.82 Å². The molecule has 0 bridgehead atoms. The summed E-state index contributed by atoms with van der Waals surface area (Å²) in [5.41, 5.74) is -5.18. The van der Waals surface area contributed by atoms with Gasteiger partial charge in [-0.2, -0.15) is 21.6 Å². The van der Waals surface area contributed by atoms with Crippen LogP contribution in [0.5, 0.6) is 5.75 Å². The summed E-state index contributed by atoms with van der Waals surface area (Å²) in [7, 11) is -5.78. The Morgan fingerprint density at radius 3 is 2.32 bits per heavy atom. The van der Waals surface area contributed by atoms with Crippen LogP contribution in [0.3, 0.4) is 0 Å². The Morgan fingerprint density at radius 1 is 1.26 bits per heavy atom. The van der Waals surface area contributed by atoms with Gasteiger partial charge in [-0.25, -0.2) is 4.39 Å². The predicted octanol–water partition coefficient (Wildman–Crippen LogP) is 3.57. The summed E-state index contributed by atoms with van der Waals surface area (Å²) in [5, 5.41) is 0. The van der Waals surface area contributed by atoms with E-state index in [1.807, 2.05) is 6.92 Å². The van der Waals surface area contributed by atoms with Crippen molar-refractivity contribution in [3.05, 3.63) is 29.6 Å². The first-order chi connectivity index (χ1) is 8.56. The molecule has 0 aliphatic heterocycles. The highest BCUT2D eigenvalue weighted by Crippen LogP contribution is 2.30. The first-order valence-electron chi connectivity index (χ1n) is 5.38. The molecule has 108 valence electrons. The van der Waals surface area contributed by atoms with E-state index in [2.05, 4.69) is 4.18 Å². The van der Waals surface area contributed by atoms with E-state index in [1.54, 1.807) is 6.92 Å². The smallest absolute Gasteiger partial charge is 0.376 e. The minimum Gasteiger partial charge on any atom is -0.376 e. The van der Waals surface area contributed by atoms with Gasteiger partial charge in [-0.05, 0) is 30.0 Å². The van der Waals surface area contributed by atoms with Gasteiger partial charge in [0.2, 0.25) is 0 Å². The molecular formula is C11H12F4O3S. The van der Waals surface area contributed by atoms with Crippen LogP contribution in [0.4, 0.5) is 17.6 Å². The van der Waals surface area contributed by atoms with Crippen molar-refractivity contribution < 1.29 is 30.2 Å². The highest BCUT2D eigenvalue weighted by Gasteiger charge is 2.48. The maximum absolute atomic E-state index is 13.2. The number of halogens is 4. The van der Waals surface area contributed by atoms with Gasteiger partial charge >= 0.3 is 15.6 Å². The fraction of sp³-hybridized carbons (Fsp3) is 0.455. The molecule has 0 fully saturated rings. The van der Waals surface area contributed by atoms with Gasteiger partial charge in [-0.3, -0.25) is 0 Å². The first kappa shape index (κ1) is 15.7. The number of hydrogen-bond acceptors (Lipinski definition) is 3. The van der Waals surface area contributed by atoms with Crippen LogP contribution in [-0.2, 0) is 10.1 Å². The lowest BCUT2D eigenvalue weighted by Crippen LogP contribution is -2.28. The lowest BCUT2D eigenvalue weighted by Gasteiger charge is -2.13. The molecule has 1 aromatic carbocycles. The fourth-order valence-electron chi connectivity index (χ4n) is 1.33. The third-order valence-electron chi connectivity index (χ3n) is 2.56. The van der Waals surface area contributed by atoms with E-state index in [1.165, 1.54) is 0 Å². The van der Waals surface area contributed by atoms with Crippen LogP contribution in [0.15, 0.2) is 18.2 Å². The van der Waals surface area contributed by atoms with E-state index in [0.717, 1.165) is 12.1 Å². The number of benzene rings is 1. The summed E-state index contributed by atoms with van der Waals surface area (Å²) in [6, 6.07) is 2.80. The molecule has 1 aromatic rings. The number of alkyl halides is 3. The minimum absolute atomic E-state index is 0.133. The summed E-state index contributed by atoms with van der Waals surface area (Å²) in [6.45, 7) is 3.54. The Hall–Kier alpha value is -1.31. The molecule has 0 aliphatic carbocycles. The maximum atomic E-state index is 13.2. The Kier molecular flexibility index (Phi) is 4.44. The van der Waals surface area contributed by atoms with E-state index in [-0.39, 0.29) is 5.92 Å². The molecule has 0 N–H and O–H groups in total. The van der Waals surface area contributed by atoms with Gasteiger partial charge < -0.3 is 4.18 Å². The molecule has 1 unspecified atom stereocenters. The topological polar surface area (TPSA) is 43.4 Å². The molecule has 0 aromatic heterocycles. The standard InChI is InChI=1S/C11H12F4O3S/c1-3-7(2)8-4-9(12)6-10(5-8)18-19(16,17)11(13,14)15/h4-7H,3H2,1-2H3. The summed E-state index contributed by atoms with van der Waals surface area (Å²) in [5.74, 6) is -1.68. The van der Waals surface area contributed by atoms with Crippen LogP contribution in [0.1, 0.15) is 31.7 Å². The molecule has 3 nitrogen and oxygen atoms in total. The summed E-state index contributed by atoms with van der Waals surface area (Å²) < 4.78 is 75.2. The monoisotopic (exact) mass is 300 g/mol. The van der Waals surface area contributed by atoms with Crippen molar-refractivity contribution in [1.29, 1.82) is 0 Å². The zero-order valence-corrected chi connectivity index (χ0v) is 11.0. The molecule has 0 amide bonds.